The number of hydrogen-bond donors (Lipinski definition) is 1. The topological polar surface area (TPSA) is 41.3 Å². The molecule has 2 heterocycles. The van der Waals surface area contributed by atoms with Crippen molar-refractivity contribution in [2.24, 2.45) is 11.3 Å². The normalized spacial score (nSPS) is 29.9. The predicted molar refractivity (Wildman–Crippen MR) is 95.7 cm³/mol. The summed E-state index contributed by atoms with van der Waals surface area (Å²) in [5.41, 5.74) is 1.54. The summed E-state index contributed by atoms with van der Waals surface area (Å²) in [4.78, 5) is 7.05. The van der Waals surface area contributed by atoms with E-state index in [0.29, 0.717) is 12.6 Å². The summed E-state index contributed by atoms with van der Waals surface area (Å²) in [5, 5.41) is 10.1. The molecule has 3 fully saturated rings. The van der Waals surface area contributed by atoms with E-state index in [9.17, 15) is 5.11 Å². The van der Waals surface area contributed by atoms with Gasteiger partial charge in [0.25, 0.3) is 0 Å². The molecule has 0 spiro atoms. The molecule has 24 heavy (non-hydrogen) atoms. The van der Waals surface area contributed by atoms with Crippen LogP contribution in [0.15, 0.2) is 12.5 Å². The molecule has 1 aromatic rings. The fourth-order valence-electron chi connectivity index (χ4n) is 5.11. The van der Waals surface area contributed by atoms with Crippen LogP contribution in [0, 0.1) is 11.3 Å². The third kappa shape index (κ3) is 3.70. The van der Waals surface area contributed by atoms with Crippen molar-refractivity contribution >= 4 is 0 Å². The van der Waals surface area contributed by atoms with Crippen LogP contribution in [0.4, 0.5) is 0 Å². The van der Waals surface area contributed by atoms with Crippen molar-refractivity contribution in [1.29, 1.82) is 0 Å². The van der Waals surface area contributed by atoms with Crippen molar-refractivity contribution in [3.8, 4) is 0 Å². The Morgan fingerprint density at radius 2 is 1.96 bits per heavy atom. The van der Waals surface area contributed by atoms with Crippen LogP contribution in [0.25, 0.3) is 0 Å². The van der Waals surface area contributed by atoms with Gasteiger partial charge in [-0.05, 0) is 44.6 Å². The van der Waals surface area contributed by atoms with E-state index in [4.69, 9.17) is 0 Å². The van der Waals surface area contributed by atoms with Gasteiger partial charge in [-0.3, -0.25) is 4.90 Å². The van der Waals surface area contributed by atoms with E-state index in [1.165, 1.54) is 76.4 Å². The lowest BCUT2D eigenvalue weighted by Gasteiger charge is -2.42. The maximum atomic E-state index is 10.1. The Hall–Kier alpha value is -0.870. The maximum Gasteiger partial charge on any atom is 0.0951 e. The number of rotatable bonds is 6. The summed E-state index contributed by atoms with van der Waals surface area (Å²) in [6, 6.07) is 0.662. The Labute approximate surface area is 146 Å². The first-order chi connectivity index (χ1) is 11.8. The van der Waals surface area contributed by atoms with Crippen molar-refractivity contribution in [3.05, 3.63) is 18.2 Å². The van der Waals surface area contributed by atoms with Gasteiger partial charge in [-0.25, -0.2) is 4.98 Å². The minimum atomic E-state index is 0.162. The summed E-state index contributed by atoms with van der Waals surface area (Å²) in [6.45, 7) is 3.60. The Morgan fingerprint density at radius 1 is 1.12 bits per heavy atom. The first-order valence-electron chi connectivity index (χ1n) is 10.1. The number of hydrogen-bond acceptors (Lipinski definition) is 3. The molecular weight excluding hydrogens is 298 g/mol. The molecule has 2 saturated carbocycles. The van der Waals surface area contributed by atoms with Gasteiger partial charge in [0.2, 0.25) is 0 Å². The number of likely N-dealkylation sites (tertiary alicyclic amines) is 1. The maximum absolute atomic E-state index is 10.1. The molecule has 1 saturated heterocycles. The monoisotopic (exact) mass is 331 g/mol. The van der Waals surface area contributed by atoms with Crippen molar-refractivity contribution < 1.29 is 5.11 Å². The molecule has 1 aliphatic heterocycles. The molecule has 0 radical (unpaired) electrons. The minimum absolute atomic E-state index is 0.162. The molecule has 4 rings (SSSR count). The lowest BCUT2D eigenvalue weighted by atomic mass is 9.76. The molecule has 0 aromatic carbocycles. The van der Waals surface area contributed by atoms with Crippen molar-refractivity contribution in [2.75, 3.05) is 19.7 Å². The third-order valence-electron chi connectivity index (χ3n) is 6.59. The van der Waals surface area contributed by atoms with E-state index in [1.807, 2.05) is 0 Å². The van der Waals surface area contributed by atoms with Gasteiger partial charge >= 0.3 is 0 Å². The molecule has 3 aliphatic rings. The standard InChI is InChI=1S/C20H33N3O/c24-15-20(11-17-7-8-17)9-4-10-22(14-20)13-19-12-21-16-23(19)18-5-2-1-3-6-18/h12,16-18,24H,1-11,13-15H2. The fourth-order valence-corrected chi connectivity index (χ4v) is 5.11. The van der Waals surface area contributed by atoms with Crippen LogP contribution >= 0.6 is 0 Å². The zero-order valence-electron chi connectivity index (χ0n) is 15.0. The SMILES string of the molecule is OCC1(CC2CC2)CCCN(Cc2cncn2C2CCCCC2)C1. The largest absolute Gasteiger partial charge is 0.396 e. The Kier molecular flexibility index (Phi) is 4.95. The fraction of sp³-hybridized carbons (Fsp3) is 0.850. The van der Waals surface area contributed by atoms with Gasteiger partial charge in [-0.1, -0.05) is 32.1 Å². The van der Waals surface area contributed by atoms with Gasteiger partial charge in [0, 0.05) is 37.4 Å². The molecule has 2 aliphatic carbocycles. The van der Waals surface area contributed by atoms with Gasteiger partial charge in [0.1, 0.15) is 0 Å². The van der Waals surface area contributed by atoms with Crippen LogP contribution < -0.4 is 0 Å². The number of imidazole rings is 1. The van der Waals surface area contributed by atoms with Crippen molar-refractivity contribution in [1.82, 2.24) is 14.5 Å². The average Bonchev–Trinajstić information content (AvgIpc) is 3.31. The summed E-state index contributed by atoms with van der Waals surface area (Å²) in [6.07, 6.45) is 17.3. The minimum Gasteiger partial charge on any atom is -0.396 e. The lowest BCUT2D eigenvalue weighted by molar-refractivity contribution is 0.0169. The number of aliphatic hydroxyl groups excluding tert-OH is 1. The molecule has 4 heteroatoms. The van der Waals surface area contributed by atoms with E-state index in [2.05, 4.69) is 27.0 Å². The Bertz CT molecular complexity index is 533. The molecular formula is C20H33N3O. The predicted octanol–water partition coefficient (Wildman–Crippen LogP) is 3.76. The molecule has 0 bridgehead atoms. The number of aromatic nitrogens is 2. The zero-order chi connectivity index (χ0) is 16.4. The first kappa shape index (κ1) is 16.6. The van der Waals surface area contributed by atoms with Gasteiger partial charge in [-0.15, -0.1) is 0 Å². The Balaban J connectivity index is 1.42. The summed E-state index contributed by atoms with van der Waals surface area (Å²) < 4.78 is 2.45. The summed E-state index contributed by atoms with van der Waals surface area (Å²) in [7, 11) is 0. The van der Waals surface area contributed by atoms with Gasteiger partial charge in [0.15, 0.2) is 0 Å². The van der Waals surface area contributed by atoms with Crippen LogP contribution in [0.3, 0.4) is 0 Å². The second-order valence-corrected chi connectivity index (χ2v) is 8.70. The van der Waals surface area contributed by atoms with Crippen LogP contribution in [0.1, 0.15) is 75.9 Å². The van der Waals surface area contributed by atoms with Crippen LogP contribution in [0.2, 0.25) is 0 Å². The molecule has 0 amide bonds. The van der Waals surface area contributed by atoms with Crippen molar-refractivity contribution in [2.45, 2.75) is 76.8 Å². The average molecular weight is 332 g/mol. The third-order valence-corrected chi connectivity index (χ3v) is 6.59. The molecule has 1 aromatic heterocycles. The Morgan fingerprint density at radius 3 is 2.71 bits per heavy atom. The van der Waals surface area contributed by atoms with Gasteiger partial charge in [-0.2, -0.15) is 0 Å². The number of nitrogens with zero attached hydrogens (tertiary/aromatic N) is 3. The molecule has 1 unspecified atom stereocenters. The second-order valence-electron chi connectivity index (χ2n) is 8.70. The molecule has 1 N–H and O–H groups in total. The highest BCUT2D eigenvalue weighted by atomic mass is 16.3. The van der Waals surface area contributed by atoms with E-state index < -0.39 is 0 Å². The second kappa shape index (κ2) is 7.17. The van der Waals surface area contributed by atoms with E-state index >= 15 is 0 Å². The highest BCUT2D eigenvalue weighted by molar-refractivity contribution is 5.02. The van der Waals surface area contributed by atoms with E-state index in [1.54, 1.807) is 0 Å². The summed E-state index contributed by atoms with van der Waals surface area (Å²) >= 11 is 0. The van der Waals surface area contributed by atoms with E-state index in [-0.39, 0.29) is 5.41 Å². The van der Waals surface area contributed by atoms with Gasteiger partial charge < -0.3 is 9.67 Å². The molecule has 1 atom stereocenters. The van der Waals surface area contributed by atoms with Crippen LogP contribution in [-0.4, -0.2) is 39.3 Å². The van der Waals surface area contributed by atoms with Crippen LogP contribution in [0.5, 0.6) is 0 Å². The molecule has 4 nitrogen and oxygen atoms in total. The highest BCUT2D eigenvalue weighted by Crippen LogP contribution is 2.44. The summed E-state index contributed by atoms with van der Waals surface area (Å²) in [5.74, 6) is 0.893. The first-order valence-corrected chi connectivity index (χ1v) is 10.1. The quantitative estimate of drug-likeness (QED) is 0.863. The van der Waals surface area contributed by atoms with Crippen molar-refractivity contribution in [3.63, 3.8) is 0 Å². The van der Waals surface area contributed by atoms with Gasteiger partial charge in [0.05, 0.1) is 12.0 Å². The highest BCUT2D eigenvalue weighted by Gasteiger charge is 2.39. The number of aliphatic hydroxyl groups is 1. The smallest absolute Gasteiger partial charge is 0.0951 e. The zero-order valence-corrected chi connectivity index (χ0v) is 15.0. The van der Waals surface area contributed by atoms with E-state index in [0.717, 1.165) is 19.0 Å². The lowest BCUT2D eigenvalue weighted by Crippen LogP contribution is -2.45. The number of piperidine rings is 1. The molecule has 134 valence electrons. The van der Waals surface area contributed by atoms with Crippen LogP contribution in [-0.2, 0) is 6.54 Å².